The highest BCUT2D eigenvalue weighted by molar-refractivity contribution is 9.10. The van der Waals surface area contributed by atoms with E-state index in [1.54, 1.807) is 0 Å². The molecule has 0 saturated heterocycles. The molecule has 2 rings (SSSR count). The number of aryl methyl sites for hydroxylation is 1. The van der Waals surface area contributed by atoms with Crippen LogP contribution in [0.2, 0.25) is 0 Å². The lowest BCUT2D eigenvalue weighted by atomic mass is 10.1. The predicted octanol–water partition coefficient (Wildman–Crippen LogP) is 4.08. The SMILES string of the molecule is CNC(CSc1ccc(C)cc1)Cc1cncc(Br)c1. The molecule has 2 nitrogen and oxygen atoms in total. The lowest BCUT2D eigenvalue weighted by Gasteiger charge is -2.16. The first kappa shape index (κ1) is 15.5. The Bertz CT molecular complexity index is 542. The molecule has 1 heterocycles. The summed E-state index contributed by atoms with van der Waals surface area (Å²) in [4.78, 5) is 5.54. The van der Waals surface area contributed by atoms with Gasteiger partial charge in [-0.15, -0.1) is 11.8 Å². The topological polar surface area (TPSA) is 24.9 Å². The Hall–Kier alpha value is -0.840. The number of thioether (sulfide) groups is 1. The molecule has 1 atom stereocenters. The van der Waals surface area contributed by atoms with Crippen LogP contribution in [0.15, 0.2) is 52.1 Å². The summed E-state index contributed by atoms with van der Waals surface area (Å²) in [5, 5.41) is 3.39. The van der Waals surface area contributed by atoms with E-state index in [0.29, 0.717) is 6.04 Å². The standard InChI is InChI=1S/C16H19BrN2S/c1-12-3-5-16(6-4-12)20-11-15(18-2)8-13-7-14(17)10-19-9-13/h3-7,9-10,15,18H,8,11H2,1-2H3. The van der Waals surface area contributed by atoms with E-state index in [2.05, 4.69) is 63.5 Å². The van der Waals surface area contributed by atoms with Crippen molar-refractivity contribution in [2.24, 2.45) is 0 Å². The largest absolute Gasteiger partial charge is 0.316 e. The van der Waals surface area contributed by atoms with Crippen LogP contribution in [0.25, 0.3) is 0 Å². The van der Waals surface area contributed by atoms with Crippen molar-refractivity contribution >= 4 is 27.7 Å². The van der Waals surface area contributed by atoms with Crippen molar-refractivity contribution in [3.63, 3.8) is 0 Å². The van der Waals surface area contributed by atoms with E-state index in [0.717, 1.165) is 16.6 Å². The van der Waals surface area contributed by atoms with Gasteiger partial charge in [0.1, 0.15) is 0 Å². The van der Waals surface area contributed by atoms with Gasteiger partial charge in [0.05, 0.1) is 0 Å². The van der Waals surface area contributed by atoms with Crippen molar-refractivity contribution in [1.82, 2.24) is 10.3 Å². The lowest BCUT2D eigenvalue weighted by molar-refractivity contribution is 0.616. The Morgan fingerprint density at radius 1 is 1.25 bits per heavy atom. The lowest BCUT2D eigenvalue weighted by Crippen LogP contribution is -2.30. The molecular weight excluding hydrogens is 332 g/mol. The van der Waals surface area contributed by atoms with Gasteiger partial charge in [0.2, 0.25) is 0 Å². The van der Waals surface area contributed by atoms with Crippen LogP contribution in [-0.2, 0) is 6.42 Å². The van der Waals surface area contributed by atoms with Gasteiger partial charge in [0.25, 0.3) is 0 Å². The van der Waals surface area contributed by atoms with Crippen molar-refractivity contribution in [2.45, 2.75) is 24.3 Å². The molecule has 0 bridgehead atoms. The molecule has 0 amide bonds. The number of hydrogen-bond acceptors (Lipinski definition) is 3. The van der Waals surface area contributed by atoms with Gasteiger partial charge in [-0.1, -0.05) is 17.7 Å². The molecular formula is C16H19BrN2S. The number of nitrogens with zero attached hydrogens (tertiary/aromatic N) is 1. The van der Waals surface area contributed by atoms with Crippen LogP contribution >= 0.6 is 27.7 Å². The third-order valence-electron chi connectivity index (χ3n) is 3.12. The highest BCUT2D eigenvalue weighted by Gasteiger charge is 2.08. The summed E-state index contributed by atoms with van der Waals surface area (Å²) in [5.74, 6) is 1.05. The van der Waals surface area contributed by atoms with Crippen molar-refractivity contribution in [3.8, 4) is 0 Å². The van der Waals surface area contributed by atoms with E-state index < -0.39 is 0 Å². The van der Waals surface area contributed by atoms with Crippen molar-refractivity contribution in [3.05, 3.63) is 58.3 Å². The third kappa shape index (κ3) is 4.93. The van der Waals surface area contributed by atoms with E-state index in [1.807, 2.05) is 31.2 Å². The normalized spacial score (nSPS) is 12.3. The summed E-state index contributed by atoms with van der Waals surface area (Å²) in [5.41, 5.74) is 2.56. The number of aromatic nitrogens is 1. The van der Waals surface area contributed by atoms with Gasteiger partial charge in [-0.3, -0.25) is 4.98 Å². The van der Waals surface area contributed by atoms with Gasteiger partial charge in [-0.2, -0.15) is 0 Å². The molecule has 2 aromatic rings. The zero-order valence-corrected chi connectivity index (χ0v) is 14.2. The molecule has 1 unspecified atom stereocenters. The fraction of sp³-hybridized carbons (Fsp3) is 0.312. The number of rotatable bonds is 6. The molecule has 106 valence electrons. The zero-order valence-electron chi connectivity index (χ0n) is 11.8. The Kier molecular flexibility index (Phi) is 6.07. The number of halogens is 1. The van der Waals surface area contributed by atoms with Gasteiger partial charge < -0.3 is 5.32 Å². The maximum absolute atomic E-state index is 4.22. The summed E-state index contributed by atoms with van der Waals surface area (Å²) in [6.07, 6.45) is 4.74. The Morgan fingerprint density at radius 2 is 2.00 bits per heavy atom. The monoisotopic (exact) mass is 350 g/mol. The molecule has 0 spiro atoms. The molecule has 4 heteroatoms. The molecule has 0 radical (unpaired) electrons. The van der Waals surface area contributed by atoms with E-state index in [4.69, 9.17) is 0 Å². The van der Waals surface area contributed by atoms with Gasteiger partial charge in [-0.05, 0) is 60.1 Å². The van der Waals surface area contributed by atoms with Crippen LogP contribution in [-0.4, -0.2) is 23.8 Å². The second-order valence-electron chi connectivity index (χ2n) is 4.83. The van der Waals surface area contributed by atoms with Crippen molar-refractivity contribution in [1.29, 1.82) is 0 Å². The molecule has 0 aliphatic carbocycles. The number of nitrogens with one attached hydrogen (secondary N) is 1. The average molecular weight is 351 g/mol. The zero-order chi connectivity index (χ0) is 14.4. The minimum atomic E-state index is 0.442. The smallest absolute Gasteiger partial charge is 0.0410 e. The van der Waals surface area contributed by atoms with E-state index in [9.17, 15) is 0 Å². The van der Waals surface area contributed by atoms with Crippen LogP contribution in [0.5, 0.6) is 0 Å². The molecule has 20 heavy (non-hydrogen) atoms. The minimum Gasteiger partial charge on any atom is -0.316 e. The second kappa shape index (κ2) is 7.81. The van der Waals surface area contributed by atoms with Crippen LogP contribution < -0.4 is 5.32 Å². The summed E-state index contributed by atoms with van der Waals surface area (Å²) in [7, 11) is 2.02. The van der Waals surface area contributed by atoms with Gasteiger partial charge in [-0.25, -0.2) is 0 Å². The van der Waals surface area contributed by atoms with E-state index in [1.165, 1.54) is 16.0 Å². The minimum absolute atomic E-state index is 0.442. The van der Waals surface area contributed by atoms with E-state index in [-0.39, 0.29) is 0 Å². The molecule has 1 aromatic carbocycles. The Labute approximate surface area is 133 Å². The predicted molar refractivity (Wildman–Crippen MR) is 90.4 cm³/mol. The molecule has 0 fully saturated rings. The number of hydrogen-bond donors (Lipinski definition) is 1. The maximum atomic E-state index is 4.22. The summed E-state index contributed by atoms with van der Waals surface area (Å²) in [6.45, 7) is 2.12. The highest BCUT2D eigenvalue weighted by atomic mass is 79.9. The summed E-state index contributed by atoms with van der Waals surface area (Å²) in [6, 6.07) is 11.3. The highest BCUT2D eigenvalue weighted by Crippen LogP contribution is 2.20. The Morgan fingerprint density at radius 3 is 2.65 bits per heavy atom. The van der Waals surface area contributed by atoms with Crippen LogP contribution in [0.1, 0.15) is 11.1 Å². The second-order valence-corrected chi connectivity index (χ2v) is 6.83. The molecule has 1 N–H and O–H groups in total. The van der Waals surface area contributed by atoms with Gasteiger partial charge in [0, 0.05) is 33.6 Å². The first-order valence-corrected chi connectivity index (χ1v) is 8.41. The first-order chi connectivity index (χ1) is 9.67. The van der Waals surface area contributed by atoms with Crippen LogP contribution in [0.3, 0.4) is 0 Å². The van der Waals surface area contributed by atoms with Gasteiger partial charge in [0.15, 0.2) is 0 Å². The summed E-state index contributed by atoms with van der Waals surface area (Å²) >= 11 is 5.36. The molecule has 0 aliphatic rings. The maximum Gasteiger partial charge on any atom is 0.0410 e. The quantitative estimate of drug-likeness (QED) is 0.794. The fourth-order valence-corrected chi connectivity index (χ4v) is 3.35. The fourth-order valence-electron chi connectivity index (χ4n) is 1.93. The molecule has 0 saturated carbocycles. The summed E-state index contributed by atoms with van der Waals surface area (Å²) < 4.78 is 1.04. The van der Waals surface area contributed by atoms with Crippen LogP contribution in [0, 0.1) is 6.92 Å². The Balaban J connectivity index is 1.90. The van der Waals surface area contributed by atoms with E-state index >= 15 is 0 Å². The molecule has 0 aliphatic heterocycles. The van der Waals surface area contributed by atoms with Crippen LogP contribution in [0.4, 0.5) is 0 Å². The average Bonchev–Trinajstić information content (AvgIpc) is 2.45. The number of pyridine rings is 1. The van der Waals surface area contributed by atoms with Crippen molar-refractivity contribution in [2.75, 3.05) is 12.8 Å². The first-order valence-electron chi connectivity index (χ1n) is 6.63. The third-order valence-corrected chi connectivity index (χ3v) is 4.73. The van der Waals surface area contributed by atoms with Crippen molar-refractivity contribution < 1.29 is 0 Å². The number of benzene rings is 1. The molecule has 1 aromatic heterocycles. The van der Waals surface area contributed by atoms with Gasteiger partial charge >= 0.3 is 0 Å². The number of likely N-dealkylation sites (N-methyl/N-ethyl adjacent to an activating group) is 1.